The van der Waals surface area contributed by atoms with Crippen LogP contribution in [-0.4, -0.2) is 5.78 Å². The summed E-state index contributed by atoms with van der Waals surface area (Å²) in [6.07, 6.45) is 8.69. The van der Waals surface area contributed by atoms with Crippen molar-refractivity contribution in [1.82, 2.24) is 0 Å². The lowest BCUT2D eigenvalue weighted by Gasteiger charge is -2.52. The summed E-state index contributed by atoms with van der Waals surface area (Å²) in [5, 5.41) is 0. The summed E-state index contributed by atoms with van der Waals surface area (Å²) in [4.78, 5) is 11.8. The summed E-state index contributed by atoms with van der Waals surface area (Å²) in [6.45, 7) is 6.97. The molecule has 0 amide bonds. The van der Waals surface area contributed by atoms with E-state index in [9.17, 15) is 4.79 Å². The zero-order chi connectivity index (χ0) is 15.5. The lowest BCUT2D eigenvalue weighted by molar-refractivity contribution is -0.116. The summed E-state index contributed by atoms with van der Waals surface area (Å²) < 4.78 is 0. The van der Waals surface area contributed by atoms with Crippen molar-refractivity contribution in [2.75, 3.05) is 0 Å². The standard InChI is InChI=1S/C21H26O/c1-13-4-6-18-17(14(13)2)8-9-20-19(18)7-5-15-12-16(22)10-11-21(15,20)3/h4,6,12,19-20H,5,7-11H2,1-3H3/t19-,20-,21-/m0/s1. The van der Waals surface area contributed by atoms with Crippen LogP contribution in [0.4, 0.5) is 0 Å². The second-order valence-corrected chi connectivity index (χ2v) is 7.92. The minimum Gasteiger partial charge on any atom is -0.295 e. The second-order valence-electron chi connectivity index (χ2n) is 7.92. The van der Waals surface area contributed by atoms with Crippen molar-refractivity contribution >= 4 is 5.78 Å². The summed E-state index contributed by atoms with van der Waals surface area (Å²) in [5.41, 5.74) is 7.93. The molecule has 0 heterocycles. The van der Waals surface area contributed by atoms with Crippen molar-refractivity contribution in [3.63, 3.8) is 0 Å². The molecule has 1 aromatic rings. The number of fused-ring (bicyclic) bond motifs is 5. The van der Waals surface area contributed by atoms with Crippen molar-refractivity contribution in [2.24, 2.45) is 11.3 Å². The van der Waals surface area contributed by atoms with Crippen LogP contribution in [0.25, 0.3) is 0 Å². The van der Waals surface area contributed by atoms with Gasteiger partial charge in [-0.3, -0.25) is 4.79 Å². The highest BCUT2D eigenvalue weighted by molar-refractivity contribution is 5.91. The summed E-state index contributed by atoms with van der Waals surface area (Å²) in [7, 11) is 0. The van der Waals surface area contributed by atoms with E-state index in [1.54, 1.807) is 11.1 Å². The van der Waals surface area contributed by atoms with Crippen LogP contribution < -0.4 is 0 Å². The van der Waals surface area contributed by atoms with Crippen LogP contribution in [0.5, 0.6) is 0 Å². The van der Waals surface area contributed by atoms with Crippen LogP contribution >= 0.6 is 0 Å². The van der Waals surface area contributed by atoms with Gasteiger partial charge in [0.05, 0.1) is 0 Å². The van der Waals surface area contributed by atoms with E-state index in [2.05, 4.69) is 32.9 Å². The van der Waals surface area contributed by atoms with Crippen LogP contribution in [0.15, 0.2) is 23.8 Å². The van der Waals surface area contributed by atoms with Gasteiger partial charge in [-0.15, -0.1) is 0 Å². The Morgan fingerprint density at radius 2 is 1.91 bits per heavy atom. The molecule has 1 heteroatoms. The van der Waals surface area contributed by atoms with Crippen molar-refractivity contribution < 1.29 is 4.79 Å². The van der Waals surface area contributed by atoms with E-state index in [0.29, 0.717) is 11.7 Å². The number of rotatable bonds is 0. The summed E-state index contributed by atoms with van der Waals surface area (Å²) >= 11 is 0. The Balaban J connectivity index is 1.78. The number of benzene rings is 1. The molecule has 1 saturated carbocycles. The van der Waals surface area contributed by atoms with E-state index in [1.165, 1.54) is 36.0 Å². The normalized spacial score (nSPS) is 33.6. The molecule has 0 saturated heterocycles. The largest absolute Gasteiger partial charge is 0.295 e. The molecule has 3 aliphatic rings. The number of aryl methyl sites for hydroxylation is 1. The monoisotopic (exact) mass is 294 g/mol. The predicted octanol–water partition coefficient (Wildman–Crippen LogP) is 5.04. The van der Waals surface area contributed by atoms with E-state index >= 15 is 0 Å². The highest BCUT2D eigenvalue weighted by Crippen LogP contribution is 2.59. The molecule has 0 unspecified atom stereocenters. The first-order valence-electron chi connectivity index (χ1n) is 8.83. The van der Waals surface area contributed by atoms with Crippen LogP contribution in [0.1, 0.15) is 67.2 Å². The maximum Gasteiger partial charge on any atom is 0.155 e. The Morgan fingerprint density at radius 3 is 2.73 bits per heavy atom. The third-order valence-electron chi connectivity index (χ3n) is 7.00. The molecule has 3 aliphatic carbocycles. The molecule has 1 aromatic carbocycles. The Bertz CT molecular complexity index is 681. The molecule has 116 valence electrons. The first kappa shape index (κ1) is 14.2. The van der Waals surface area contributed by atoms with E-state index < -0.39 is 0 Å². The number of hydrogen-bond donors (Lipinski definition) is 0. The predicted molar refractivity (Wildman–Crippen MR) is 90.1 cm³/mol. The third-order valence-corrected chi connectivity index (χ3v) is 7.00. The van der Waals surface area contributed by atoms with Gasteiger partial charge in [-0.25, -0.2) is 0 Å². The van der Waals surface area contributed by atoms with Crippen LogP contribution in [0, 0.1) is 25.2 Å². The third kappa shape index (κ3) is 1.87. The fraction of sp³-hybridized carbons (Fsp3) is 0.571. The van der Waals surface area contributed by atoms with Gasteiger partial charge >= 0.3 is 0 Å². The minimum absolute atomic E-state index is 0.271. The maximum absolute atomic E-state index is 11.8. The molecule has 4 rings (SSSR count). The molecular formula is C21H26O. The molecule has 0 N–H and O–H groups in total. The SMILES string of the molecule is Cc1ccc2c(c1C)CC[C@H]1[C@H]2CCC2=CC(=O)CC[C@@]21C. The molecule has 1 fully saturated rings. The van der Waals surface area contributed by atoms with Crippen molar-refractivity contribution in [3.8, 4) is 0 Å². The van der Waals surface area contributed by atoms with Gasteiger partial charge in [0.15, 0.2) is 5.78 Å². The maximum atomic E-state index is 11.8. The van der Waals surface area contributed by atoms with Crippen LogP contribution in [0.3, 0.4) is 0 Å². The van der Waals surface area contributed by atoms with E-state index in [4.69, 9.17) is 0 Å². The first-order valence-corrected chi connectivity index (χ1v) is 8.83. The topological polar surface area (TPSA) is 17.1 Å². The molecule has 0 radical (unpaired) electrons. The molecule has 0 spiro atoms. The lowest BCUT2D eigenvalue weighted by Crippen LogP contribution is -2.42. The van der Waals surface area contributed by atoms with Crippen LogP contribution in [0.2, 0.25) is 0 Å². The summed E-state index contributed by atoms with van der Waals surface area (Å²) in [6, 6.07) is 4.72. The van der Waals surface area contributed by atoms with E-state index in [1.807, 2.05) is 6.08 Å². The fourth-order valence-electron chi connectivity index (χ4n) is 5.48. The molecule has 0 bridgehead atoms. The highest BCUT2D eigenvalue weighted by atomic mass is 16.1. The van der Waals surface area contributed by atoms with Gasteiger partial charge in [0.2, 0.25) is 0 Å². The molecule has 22 heavy (non-hydrogen) atoms. The molecule has 1 nitrogen and oxygen atoms in total. The first-order chi connectivity index (χ1) is 10.5. The quantitative estimate of drug-likeness (QED) is 0.655. The van der Waals surface area contributed by atoms with Gasteiger partial charge in [-0.1, -0.05) is 24.6 Å². The van der Waals surface area contributed by atoms with Crippen molar-refractivity contribution in [1.29, 1.82) is 0 Å². The molecule has 3 atom stereocenters. The average Bonchev–Trinajstić information content (AvgIpc) is 2.51. The van der Waals surface area contributed by atoms with Crippen molar-refractivity contribution in [3.05, 3.63) is 46.0 Å². The molecular weight excluding hydrogens is 268 g/mol. The van der Waals surface area contributed by atoms with Gasteiger partial charge in [-0.05, 0) is 91.5 Å². The number of allylic oxidation sites excluding steroid dienone is 2. The Kier molecular flexibility index (Phi) is 3.11. The van der Waals surface area contributed by atoms with Gasteiger partial charge in [-0.2, -0.15) is 0 Å². The highest BCUT2D eigenvalue weighted by Gasteiger charge is 2.48. The molecule has 0 aromatic heterocycles. The summed E-state index contributed by atoms with van der Waals surface area (Å²) in [5.74, 6) is 1.79. The van der Waals surface area contributed by atoms with Gasteiger partial charge < -0.3 is 0 Å². The zero-order valence-corrected chi connectivity index (χ0v) is 14.0. The van der Waals surface area contributed by atoms with Gasteiger partial charge in [0.25, 0.3) is 0 Å². The van der Waals surface area contributed by atoms with E-state index in [0.717, 1.165) is 25.2 Å². The Hall–Kier alpha value is -1.37. The number of carbonyl (C=O) groups excluding carboxylic acids is 1. The minimum atomic E-state index is 0.271. The molecule has 0 aliphatic heterocycles. The lowest BCUT2D eigenvalue weighted by atomic mass is 9.52. The number of carbonyl (C=O) groups is 1. The Morgan fingerprint density at radius 1 is 1.09 bits per heavy atom. The number of hydrogen-bond acceptors (Lipinski definition) is 1. The van der Waals surface area contributed by atoms with Crippen LogP contribution in [-0.2, 0) is 11.2 Å². The zero-order valence-electron chi connectivity index (χ0n) is 14.0. The average molecular weight is 294 g/mol. The van der Waals surface area contributed by atoms with E-state index in [-0.39, 0.29) is 5.41 Å². The number of ketones is 1. The Labute approximate surface area is 133 Å². The van der Waals surface area contributed by atoms with Crippen molar-refractivity contribution in [2.45, 2.75) is 65.2 Å². The fourth-order valence-corrected chi connectivity index (χ4v) is 5.48. The van der Waals surface area contributed by atoms with Gasteiger partial charge in [0.1, 0.15) is 0 Å². The smallest absolute Gasteiger partial charge is 0.155 e. The van der Waals surface area contributed by atoms with Gasteiger partial charge in [0, 0.05) is 6.42 Å². The second kappa shape index (κ2) is 4.81.